The van der Waals surface area contributed by atoms with Gasteiger partial charge in [0.05, 0.1) is 5.41 Å². The number of carbonyl (C=O) groups excluding carboxylic acids is 2. The van der Waals surface area contributed by atoms with Crippen LogP contribution < -0.4 is 0 Å². The Labute approximate surface area is 223 Å². The molecule has 0 N–H and O–H groups in total. The van der Waals surface area contributed by atoms with Gasteiger partial charge in [-0.15, -0.1) is 0 Å². The Morgan fingerprint density at radius 2 is 1.67 bits per heavy atom. The maximum Gasteiger partial charge on any atom is 0.410 e. The third-order valence-electron chi connectivity index (χ3n) is 6.80. The fourth-order valence-electron chi connectivity index (χ4n) is 4.89. The van der Waals surface area contributed by atoms with Gasteiger partial charge in [-0.1, -0.05) is 29.3 Å². The van der Waals surface area contributed by atoms with Crippen molar-refractivity contribution < 1.29 is 18.7 Å². The van der Waals surface area contributed by atoms with Crippen molar-refractivity contribution in [3.8, 4) is 0 Å². The molecule has 0 spiro atoms. The van der Waals surface area contributed by atoms with Gasteiger partial charge in [0.1, 0.15) is 11.4 Å². The number of likely N-dealkylation sites (N-methyl/N-ethyl adjacent to an activating group) is 1. The Morgan fingerprint density at radius 3 is 2.22 bits per heavy atom. The molecule has 1 fully saturated rings. The van der Waals surface area contributed by atoms with Crippen molar-refractivity contribution in [2.45, 2.75) is 70.9 Å². The molecule has 196 valence electrons. The Balaban J connectivity index is 1.95. The zero-order valence-electron chi connectivity index (χ0n) is 22.0. The van der Waals surface area contributed by atoms with Gasteiger partial charge in [-0.05, 0) is 95.0 Å². The van der Waals surface area contributed by atoms with E-state index in [0.717, 1.165) is 16.7 Å². The predicted molar refractivity (Wildman–Crippen MR) is 142 cm³/mol. The van der Waals surface area contributed by atoms with E-state index in [9.17, 15) is 14.0 Å². The fourth-order valence-corrected chi connectivity index (χ4v) is 5.41. The monoisotopic (exact) mass is 536 g/mol. The molecule has 1 aliphatic heterocycles. The number of nitrogens with zero attached hydrogens (tertiary/aromatic N) is 2. The van der Waals surface area contributed by atoms with E-state index >= 15 is 0 Å². The molecule has 1 heterocycles. The van der Waals surface area contributed by atoms with Gasteiger partial charge in [-0.2, -0.15) is 0 Å². The maximum absolute atomic E-state index is 13.9. The van der Waals surface area contributed by atoms with Crippen LogP contribution in [0.15, 0.2) is 36.4 Å². The van der Waals surface area contributed by atoms with Crippen LogP contribution in [0.1, 0.15) is 63.6 Å². The zero-order valence-corrected chi connectivity index (χ0v) is 23.5. The molecule has 0 unspecified atom stereocenters. The summed E-state index contributed by atoms with van der Waals surface area (Å²) in [6.07, 6.45) is 0.156. The van der Waals surface area contributed by atoms with Crippen molar-refractivity contribution >= 4 is 35.2 Å². The van der Waals surface area contributed by atoms with Crippen LogP contribution >= 0.6 is 23.2 Å². The number of rotatable bonds is 4. The molecule has 2 amide bonds. The van der Waals surface area contributed by atoms with Gasteiger partial charge < -0.3 is 14.5 Å². The van der Waals surface area contributed by atoms with Crippen molar-refractivity contribution in [2.24, 2.45) is 0 Å². The maximum atomic E-state index is 13.9. The average molecular weight is 538 g/mol. The van der Waals surface area contributed by atoms with E-state index in [2.05, 4.69) is 0 Å². The van der Waals surface area contributed by atoms with Crippen LogP contribution in [-0.4, -0.2) is 53.6 Å². The number of hydrogen-bond donors (Lipinski definition) is 0. The van der Waals surface area contributed by atoms with Crippen LogP contribution in [0.25, 0.3) is 0 Å². The second kappa shape index (κ2) is 10.6. The summed E-state index contributed by atoms with van der Waals surface area (Å²) in [6.45, 7) is 11.8. The summed E-state index contributed by atoms with van der Waals surface area (Å²) in [5.41, 5.74) is 0.881. The van der Waals surface area contributed by atoms with Gasteiger partial charge in [0.2, 0.25) is 5.91 Å². The summed E-state index contributed by atoms with van der Waals surface area (Å²) in [4.78, 5) is 30.2. The number of halogens is 3. The molecule has 1 aliphatic rings. The minimum Gasteiger partial charge on any atom is -0.444 e. The van der Waals surface area contributed by atoms with E-state index in [4.69, 9.17) is 27.9 Å². The van der Waals surface area contributed by atoms with Gasteiger partial charge in [-0.3, -0.25) is 4.79 Å². The first-order chi connectivity index (χ1) is 16.6. The molecule has 0 saturated carbocycles. The summed E-state index contributed by atoms with van der Waals surface area (Å²) in [5.74, 6) is -0.642. The van der Waals surface area contributed by atoms with E-state index in [1.807, 2.05) is 41.5 Å². The molecule has 5 nitrogen and oxygen atoms in total. The lowest BCUT2D eigenvalue weighted by atomic mass is 9.79. The highest BCUT2D eigenvalue weighted by Crippen LogP contribution is 2.37. The van der Waals surface area contributed by atoms with E-state index in [0.29, 0.717) is 29.6 Å². The number of likely N-dealkylation sites (tertiary alicyclic amines) is 1. The standard InChI is InChI=1S/C28H35Cl2FN2O3/c1-17-12-21(31)8-9-22(17)23-16-33(26(35)36-27(2,3)4)11-10-24(23)32(7)25(34)28(5,6)18-13-19(29)15-20(30)14-18/h8-9,12-15,23-24H,10-11,16H2,1-7H3/t23-,24+/m1/s1. The zero-order chi connectivity index (χ0) is 27.0. The van der Waals surface area contributed by atoms with E-state index < -0.39 is 17.1 Å². The molecule has 0 aromatic heterocycles. The van der Waals surface area contributed by atoms with Gasteiger partial charge in [0.15, 0.2) is 0 Å². The van der Waals surface area contributed by atoms with Crippen LogP contribution in [0.2, 0.25) is 10.0 Å². The Kier molecular flexibility index (Phi) is 8.31. The molecule has 0 aliphatic carbocycles. The normalized spacial score (nSPS) is 18.7. The number of aryl methyl sites for hydroxylation is 1. The van der Waals surface area contributed by atoms with Gasteiger partial charge in [0.25, 0.3) is 0 Å². The number of amides is 2. The van der Waals surface area contributed by atoms with Gasteiger partial charge in [-0.25, -0.2) is 9.18 Å². The first-order valence-electron chi connectivity index (χ1n) is 12.1. The van der Waals surface area contributed by atoms with Crippen LogP contribution in [-0.2, 0) is 14.9 Å². The molecule has 2 aromatic carbocycles. The van der Waals surface area contributed by atoms with Crippen molar-refractivity contribution in [1.82, 2.24) is 9.80 Å². The molecular formula is C28H35Cl2FN2O3. The van der Waals surface area contributed by atoms with E-state index in [1.165, 1.54) is 12.1 Å². The largest absolute Gasteiger partial charge is 0.444 e. The number of hydrogen-bond acceptors (Lipinski definition) is 3. The highest BCUT2D eigenvalue weighted by atomic mass is 35.5. The first-order valence-corrected chi connectivity index (χ1v) is 12.8. The molecular weight excluding hydrogens is 502 g/mol. The van der Waals surface area contributed by atoms with Gasteiger partial charge >= 0.3 is 6.09 Å². The number of benzene rings is 2. The minimum absolute atomic E-state index is 0.0960. The molecule has 0 radical (unpaired) electrons. The fraction of sp³-hybridized carbons (Fsp3) is 0.500. The molecule has 3 rings (SSSR count). The number of ether oxygens (including phenoxy) is 1. The second-order valence-electron chi connectivity index (χ2n) is 11.1. The second-order valence-corrected chi connectivity index (χ2v) is 12.0. The van der Waals surface area contributed by atoms with Crippen LogP contribution in [0.3, 0.4) is 0 Å². The van der Waals surface area contributed by atoms with Gasteiger partial charge in [0, 0.05) is 42.1 Å². The van der Waals surface area contributed by atoms with Crippen molar-refractivity contribution in [3.05, 3.63) is 69.0 Å². The smallest absolute Gasteiger partial charge is 0.410 e. The lowest BCUT2D eigenvalue weighted by molar-refractivity contribution is -0.138. The van der Waals surface area contributed by atoms with Crippen molar-refractivity contribution in [1.29, 1.82) is 0 Å². The molecule has 1 saturated heterocycles. The summed E-state index contributed by atoms with van der Waals surface area (Å²) >= 11 is 12.4. The first kappa shape index (κ1) is 28.3. The molecule has 2 aromatic rings. The van der Waals surface area contributed by atoms with E-state index in [-0.39, 0.29) is 23.7 Å². The predicted octanol–water partition coefficient (Wildman–Crippen LogP) is 6.97. The Hall–Kier alpha value is -2.31. The highest BCUT2D eigenvalue weighted by Gasteiger charge is 2.42. The number of carbonyl (C=O) groups is 2. The summed E-state index contributed by atoms with van der Waals surface area (Å²) in [6, 6.07) is 9.59. The molecule has 0 bridgehead atoms. The summed E-state index contributed by atoms with van der Waals surface area (Å²) in [7, 11) is 1.79. The lowest BCUT2D eigenvalue weighted by Gasteiger charge is -2.45. The SMILES string of the molecule is Cc1cc(F)ccc1[C@H]1CN(C(=O)OC(C)(C)C)CC[C@@H]1N(C)C(=O)C(C)(C)c1cc(Cl)cc(Cl)c1. The average Bonchev–Trinajstić information content (AvgIpc) is 2.76. The van der Waals surface area contributed by atoms with Crippen LogP contribution in [0.4, 0.5) is 9.18 Å². The number of piperidine rings is 1. The van der Waals surface area contributed by atoms with E-state index in [1.54, 1.807) is 41.1 Å². The third kappa shape index (κ3) is 6.33. The van der Waals surface area contributed by atoms with Crippen molar-refractivity contribution in [2.75, 3.05) is 20.1 Å². The van der Waals surface area contributed by atoms with Crippen LogP contribution in [0.5, 0.6) is 0 Å². The Bertz CT molecular complexity index is 1130. The van der Waals surface area contributed by atoms with Crippen molar-refractivity contribution in [3.63, 3.8) is 0 Å². The minimum atomic E-state index is -0.895. The summed E-state index contributed by atoms with van der Waals surface area (Å²) in [5, 5.41) is 0.929. The quantitative estimate of drug-likeness (QED) is 0.423. The third-order valence-corrected chi connectivity index (χ3v) is 7.23. The lowest BCUT2D eigenvalue weighted by Crippen LogP contribution is -2.55. The Morgan fingerprint density at radius 1 is 1.06 bits per heavy atom. The molecule has 36 heavy (non-hydrogen) atoms. The summed E-state index contributed by atoms with van der Waals surface area (Å²) < 4.78 is 19.5. The van der Waals surface area contributed by atoms with Crippen LogP contribution in [0, 0.1) is 12.7 Å². The molecule has 2 atom stereocenters. The topological polar surface area (TPSA) is 49.9 Å². The highest BCUT2D eigenvalue weighted by molar-refractivity contribution is 6.34. The molecule has 8 heteroatoms.